The second-order valence-electron chi connectivity index (χ2n) is 7.66. The molecule has 1 fully saturated rings. The number of aryl methyl sites for hydroxylation is 1. The maximum Gasteiger partial charge on any atom is 0.200 e. The van der Waals surface area contributed by atoms with Crippen LogP contribution in [0.25, 0.3) is 17.0 Å². The lowest BCUT2D eigenvalue weighted by Crippen LogP contribution is -2.44. The summed E-state index contributed by atoms with van der Waals surface area (Å²) in [7, 11) is 0. The van der Waals surface area contributed by atoms with Gasteiger partial charge in [0.05, 0.1) is 23.0 Å². The average molecular weight is 520 g/mol. The second-order valence-corrected chi connectivity index (χ2v) is 8.57. The lowest BCUT2D eigenvalue weighted by atomic mass is 10.0. The summed E-state index contributed by atoms with van der Waals surface area (Å²) in [5, 5.41) is 2.82. The van der Waals surface area contributed by atoms with Crippen LogP contribution in [0.1, 0.15) is 15.9 Å². The van der Waals surface area contributed by atoms with E-state index in [9.17, 15) is 18.4 Å². The Morgan fingerprint density at radius 3 is 2.52 bits per heavy atom. The van der Waals surface area contributed by atoms with Crippen molar-refractivity contribution in [3.8, 4) is 0 Å². The van der Waals surface area contributed by atoms with Crippen LogP contribution in [0.4, 0.5) is 18.9 Å². The number of anilines is 1. The van der Waals surface area contributed by atoms with Gasteiger partial charge in [-0.25, -0.2) is 13.2 Å². The third-order valence-corrected chi connectivity index (χ3v) is 6.08. The van der Waals surface area contributed by atoms with Gasteiger partial charge >= 0.3 is 0 Å². The van der Waals surface area contributed by atoms with E-state index >= 15 is 4.39 Å². The Hall–Kier alpha value is -2.91. The summed E-state index contributed by atoms with van der Waals surface area (Å²) in [5.74, 6) is -2.45. The number of halogens is 4. The third-order valence-electron chi connectivity index (χ3n) is 5.55. The highest BCUT2D eigenvalue weighted by atomic mass is 79.9. The monoisotopic (exact) mass is 519 g/mol. The first-order chi connectivity index (χ1) is 15.9. The predicted molar refractivity (Wildman–Crippen MR) is 127 cm³/mol. The number of piperazine rings is 1. The molecule has 9 heteroatoms. The molecule has 1 saturated heterocycles. The van der Waals surface area contributed by atoms with Crippen LogP contribution in [0.15, 0.2) is 51.9 Å². The molecule has 172 valence electrons. The van der Waals surface area contributed by atoms with E-state index in [1.165, 1.54) is 16.7 Å². The van der Waals surface area contributed by atoms with Crippen molar-refractivity contribution in [3.05, 3.63) is 80.1 Å². The lowest BCUT2D eigenvalue weighted by Gasteiger charge is -2.30. The van der Waals surface area contributed by atoms with Crippen LogP contribution in [0.2, 0.25) is 0 Å². The number of pyridine rings is 1. The number of fused-ring (bicyclic) bond motifs is 1. The number of hydrogen-bond donors (Lipinski definition) is 1. The lowest BCUT2D eigenvalue weighted by molar-refractivity contribution is 0.104. The molecule has 2 heterocycles. The summed E-state index contributed by atoms with van der Waals surface area (Å²) in [5.41, 5.74) is -0.798. The molecule has 33 heavy (non-hydrogen) atoms. The minimum Gasteiger partial charge on any atom is -0.364 e. The number of nitrogens with zero attached hydrogens (tertiary/aromatic N) is 2. The number of carbonyl (C=O) groups is 1. The maximum absolute atomic E-state index is 15.5. The summed E-state index contributed by atoms with van der Waals surface area (Å²) in [6.07, 6.45) is 3.90. The van der Waals surface area contributed by atoms with Gasteiger partial charge in [0.25, 0.3) is 0 Å². The van der Waals surface area contributed by atoms with Gasteiger partial charge in [0.1, 0.15) is 18.2 Å². The first kappa shape index (κ1) is 23.3. The Morgan fingerprint density at radius 1 is 1.15 bits per heavy atom. The van der Waals surface area contributed by atoms with Gasteiger partial charge in [-0.05, 0) is 29.8 Å². The quantitative estimate of drug-likeness (QED) is 0.389. The molecule has 0 atom stereocenters. The van der Waals surface area contributed by atoms with Crippen molar-refractivity contribution in [1.29, 1.82) is 0 Å². The highest BCUT2D eigenvalue weighted by Crippen LogP contribution is 2.30. The number of alkyl halides is 1. The fraction of sp³-hybridized carbons (Fsp3) is 0.250. The highest BCUT2D eigenvalue weighted by Gasteiger charge is 2.25. The van der Waals surface area contributed by atoms with E-state index in [1.54, 1.807) is 29.2 Å². The van der Waals surface area contributed by atoms with Crippen molar-refractivity contribution in [1.82, 2.24) is 9.88 Å². The molecule has 5 nitrogen and oxygen atoms in total. The Labute approximate surface area is 196 Å². The van der Waals surface area contributed by atoms with Crippen LogP contribution in [-0.2, 0) is 6.54 Å². The second kappa shape index (κ2) is 9.93. The molecule has 3 aromatic rings. The van der Waals surface area contributed by atoms with E-state index < -0.39 is 29.5 Å². The fourth-order valence-electron chi connectivity index (χ4n) is 3.93. The van der Waals surface area contributed by atoms with Crippen LogP contribution < -0.4 is 15.6 Å². The molecule has 0 amide bonds. The van der Waals surface area contributed by atoms with Crippen molar-refractivity contribution in [2.75, 3.05) is 37.8 Å². The summed E-state index contributed by atoms with van der Waals surface area (Å²) in [6, 6.07) is 8.10. The zero-order valence-electron chi connectivity index (χ0n) is 17.6. The average Bonchev–Trinajstić information content (AvgIpc) is 2.81. The molecule has 0 unspecified atom stereocenters. The SMILES string of the molecule is O=C(/C=C/c1ccc(Br)cc1)c1cn(CCF)c2c(F)c(N3CCNCC3)c(F)cc2c1=O. The summed E-state index contributed by atoms with van der Waals surface area (Å²) in [4.78, 5) is 27.4. The molecule has 1 N–H and O–H groups in total. The van der Waals surface area contributed by atoms with Gasteiger partial charge in [-0.15, -0.1) is 0 Å². The van der Waals surface area contributed by atoms with Crippen LogP contribution in [0, 0.1) is 11.6 Å². The number of allylic oxidation sites excluding steroid dienone is 1. The number of ketones is 1. The number of rotatable bonds is 6. The normalized spacial score (nSPS) is 14.4. The molecular weight excluding hydrogens is 499 g/mol. The Kier molecular flexibility index (Phi) is 6.99. The summed E-state index contributed by atoms with van der Waals surface area (Å²) >= 11 is 3.33. The van der Waals surface area contributed by atoms with Gasteiger partial charge < -0.3 is 14.8 Å². The fourth-order valence-corrected chi connectivity index (χ4v) is 4.20. The topological polar surface area (TPSA) is 54.3 Å². The van der Waals surface area contributed by atoms with Crippen molar-refractivity contribution in [2.45, 2.75) is 6.54 Å². The molecule has 0 spiro atoms. The third kappa shape index (κ3) is 4.74. The van der Waals surface area contributed by atoms with Gasteiger partial charge in [0.2, 0.25) is 5.43 Å². The molecule has 4 rings (SSSR count). The van der Waals surface area contributed by atoms with Crippen LogP contribution in [0.5, 0.6) is 0 Å². The Bertz CT molecular complexity index is 1280. The van der Waals surface area contributed by atoms with Crippen molar-refractivity contribution in [3.63, 3.8) is 0 Å². The van der Waals surface area contributed by atoms with Gasteiger partial charge in [0.15, 0.2) is 11.6 Å². The van der Waals surface area contributed by atoms with Crippen LogP contribution in [-0.4, -0.2) is 43.2 Å². The maximum atomic E-state index is 15.5. The molecule has 0 saturated carbocycles. The van der Waals surface area contributed by atoms with Crippen molar-refractivity contribution >= 4 is 44.4 Å². The zero-order chi connectivity index (χ0) is 23.5. The van der Waals surface area contributed by atoms with Crippen LogP contribution >= 0.6 is 15.9 Å². The van der Waals surface area contributed by atoms with Gasteiger partial charge in [-0.2, -0.15) is 0 Å². The van der Waals surface area contributed by atoms with E-state index in [0.29, 0.717) is 26.2 Å². The number of hydrogen-bond acceptors (Lipinski definition) is 4. The Morgan fingerprint density at radius 2 is 1.85 bits per heavy atom. The first-order valence-electron chi connectivity index (χ1n) is 10.5. The molecule has 1 aromatic heterocycles. The minimum atomic E-state index is -0.929. The van der Waals surface area contributed by atoms with Gasteiger partial charge in [-0.3, -0.25) is 9.59 Å². The largest absolute Gasteiger partial charge is 0.364 e. The number of carbonyl (C=O) groups excluding carboxylic acids is 1. The predicted octanol–water partition coefficient (Wildman–Crippen LogP) is 4.32. The van der Waals surface area contributed by atoms with E-state index in [0.717, 1.165) is 22.3 Å². The summed E-state index contributed by atoms with van der Waals surface area (Å²) in [6.45, 7) is 0.782. The number of benzene rings is 2. The first-order valence-corrected chi connectivity index (χ1v) is 11.2. The van der Waals surface area contributed by atoms with E-state index in [-0.39, 0.29) is 28.7 Å². The van der Waals surface area contributed by atoms with Crippen LogP contribution in [0.3, 0.4) is 0 Å². The van der Waals surface area contributed by atoms with E-state index in [4.69, 9.17) is 0 Å². The number of nitrogens with one attached hydrogen (secondary N) is 1. The molecule has 0 bridgehead atoms. The van der Waals surface area contributed by atoms with E-state index in [2.05, 4.69) is 21.2 Å². The molecule has 2 aromatic carbocycles. The molecule has 1 aliphatic heterocycles. The summed E-state index contributed by atoms with van der Waals surface area (Å²) < 4.78 is 45.8. The van der Waals surface area contributed by atoms with Crippen molar-refractivity contribution < 1.29 is 18.0 Å². The molecule has 0 aliphatic carbocycles. The minimum absolute atomic E-state index is 0.207. The standard InChI is InChI=1S/C24H21BrF3N3O2/c25-16-4-1-15(2-5-16)3-6-20(32)18-14-31(10-7-26)22-17(24(18)33)13-19(27)23(21(22)28)30-11-8-29-9-12-30/h1-6,13-14,29H,7-12H2/b6-3+. The Balaban J connectivity index is 1.82. The molecule has 0 radical (unpaired) electrons. The molecular formula is C24H21BrF3N3O2. The smallest absolute Gasteiger partial charge is 0.200 e. The molecule has 1 aliphatic rings. The highest BCUT2D eigenvalue weighted by molar-refractivity contribution is 9.10. The van der Waals surface area contributed by atoms with Gasteiger partial charge in [-0.1, -0.05) is 34.1 Å². The van der Waals surface area contributed by atoms with Crippen molar-refractivity contribution in [2.24, 2.45) is 0 Å². The number of aromatic nitrogens is 1. The van der Waals surface area contributed by atoms with E-state index in [1.807, 2.05) is 0 Å². The zero-order valence-corrected chi connectivity index (χ0v) is 19.2. The van der Waals surface area contributed by atoms with Gasteiger partial charge in [0, 0.05) is 36.8 Å².